The molecular weight excluding hydrogens is 454 g/mol. The lowest BCUT2D eigenvalue weighted by molar-refractivity contribution is 0.0697. The summed E-state index contributed by atoms with van der Waals surface area (Å²) in [5.41, 5.74) is 0.931. The third-order valence-electron chi connectivity index (χ3n) is 4.45. The van der Waals surface area contributed by atoms with Gasteiger partial charge in [-0.3, -0.25) is 4.72 Å². The number of hydrogen-bond acceptors (Lipinski definition) is 6. The van der Waals surface area contributed by atoms with E-state index in [0.29, 0.717) is 9.47 Å². The van der Waals surface area contributed by atoms with Crippen LogP contribution in [0.4, 0.5) is 11.4 Å². The fourth-order valence-corrected chi connectivity index (χ4v) is 6.06. The summed E-state index contributed by atoms with van der Waals surface area (Å²) in [6.07, 6.45) is 0. The molecule has 0 unspecified atom stereocenters. The SMILES string of the molecule is CCN1CCN(c2ccc(NS(=O)(=O)c3ccc(Br)s3)cc2C(=O)O)CC1. The predicted molar refractivity (Wildman–Crippen MR) is 111 cm³/mol. The van der Waals surface area contributed by atoms with Gasteiger partial charge in [0.2, 0.25) is 0 Å². The van der Waals surface area contributed by atoms with Crippen molar-refractivity contribution in [2.45, 2.75) is 11.1 Å². The summed E-state index contributed by atoms with van der Waals surface area (Å²) < 4.78 is 28.3. The lowest BCUT2D eigenvalue weighted by atomic mass is 10.1. The highest BCUT2D eigenvalue weighted by molar-refractivity contribution is 9.11. The minimum atomic E-state index is -3.76. The van der Waals surface area contributed by atoms with Crippen LogP contribution in [-0.4, -0.2) is 57.1 Å². The molecule has 1 fully saturated rings. The van der Waals surface area contributed by atoms with Crippen LogP contribution in [0.2, 0.25) is 0 Å². The van der Waals surface area contributed by atoms with Crippen LogP contribution in [0.15, 0.2) is 38.3 Å². The molecule has 0 amide bonds. The van der Waals surface area contributed by atoms with Crippen LogP contribution < -0.4 is 9.62 Å². The second kappa shape index (κ2) is 8.17. The van der Waals surface area contributed by atoms with Crippen molar-refractivity contribution >= 4 is 54.6 Å². The molecule has 0 spiro atoms. The Kier molecular flexibility index (Phi) is 6.09. The Morgan fingerprint density at radius 2 is 1.93 bits per heavy atom. The van der Waals surface area contributed by atoms with E-state index in [1.807, 2.05) is 4.90 Å². The lowest BCUT2D eigenvalue weighted by Gasteiger charge is -2.36. The molecule has 1 aliphatic rings. The molecule has 1 aromatic carbocycles. The Hall–Kier alpha value is -1.62. The van der Waals surface area contributed by atoms with E-state index in [0.717, 1.165) is 44.1 Å². The highest BCUT2D eigenvalue weighted by atomic mass is 79.9. The number of nitrogens with one attached hydrogen (secondary N) is 1. The molecule has 0 saturated carbocycles. The van der Waals surface area contributed by atoms with Gasteiger partial charge in [0.15, 0.2) is 0 Å². The number of nitrogens with zero attached hydrogens (tertiary/aromatic N) is 2. The van der Waals surface area contributed by atoms with Crippen LogP contribution in [0.5, 0.6) is 0 Å². The molecule has 10 heteroatoms. The van der Waals surface area contributed by atoms with Gasteiger partial charge in [-0.2, -0.15) is 0 Å². The molecule has 1 saturated heterocycles. The van der Waals surface area contributed by atoms with Crippen molar-refractivity contribution in [3.8, 4) is 0 Å². The fourth-order valence-electron chi connectivity index (χ4n) is 3.00. The molecule has 7 nitrogen and oxygen atoms in total. The lowest BCUT2D eigenvalue weighted by Crippen LogP contribution is -2.46. The molecular formula is C17H20BrN3O4S2. The number of thiophene rings is 1. The van der Waals surface area contributed by atoms with Gasteiger partial charge in [-0.1, -0.05) is 6.92 Å². The predicted octanol–water partition coefficient (Wildman–Crippen LogP) is 3.15. The second-order valence-corrected chi connectivity index (χ2v) is 10.5. The van der Waals surface area contributed by atoms with Crippen molar-refractivity contribution in [1.29, 1.82) is 0 Å². The molecule has 1 aromatic heterocycles. The van der Waals surface area contributed by atoms with Crippen molar-refractivity contribution in [3.63, 3.8) is 0 Å². The number of hydrogen-bond donors (Lipinski definition) is 2. The Morgan fingerprint density at radius 3 is 2.48 bits per heavy atom. The van der Waals surface area contributed by atoms with Crippen LogP contribution in [0.3, 0.4) is 0 Å². The molecule has 146 valence electrons. The van der Waals surface area contributed by atoms with Crippen LogP contribution in [0.25, 0.3) is 0 Å². The Labute approximate surface area is 170 Å². The summed E-state index contributed by atoms with van der Waals surface area (Å²) in [5, 5.41) is 9.62. The maximum Gasteiger partial charge on any atom is 0.337 e. The van der Waals surface area contributed by atoms with Crippen LogP contribution in [0.1, 0.15) is 17.3 Å². The highest BCUT2D eigenvalue weighted by Crippen LogP contribution is 2.30. The average molecular weight is 474 g/mol. The zero-order chi connectivity index (χ0) is 19.6. The van der Waals surface area contributed by atoms with Gasteiger partial charge < -0.3 is 14.9 Å². The summed E-state index contributed by atoms with van der Waals surface area (Å²) in [7, 11) is -3.76. The summed E-state index contributed by atoms with van der Waals surface area (Å²) >= 11 is 4.33. The Morgan fingerprint density at radius 1 is 1.22 bits per heavy atom. The largest absolute Gasteiger partial charge is 0.478 e. The first-order valence-corrected chi connectivity index (χ1v) is 11.5. The molecule has 3 rings (SSSR count). The number of aromatic carboxylic acids is 1. The zero-order valence-electron chi connectivity index (χ0n) is 14.7. The topological polar surface area (TPSA) is 90.0 Å². The number of piperazine rings is 1. The second-order valence-electron chi connectivity index (χ2n) is 6.12. The van der Waals surface area contributed by atoms with E-state index >= 15 is 0 Å². The zero-order valence-corrected chi connectivity index (χ0v) is 17.9. The molecule has 0 bridgehead atoms. The quantitative estimate of drug-likeness (QED) is 0.669. The molecule has 0 radical (unpaired) electrons. The van der Waals surface area contributed by atoms with Gasteiger partial charge >= 0.3 is 5.97 Å². The van der Waals surface area contributed by atoms with E-state index in [-0.39, 0.29) is 15.5 Å². The van der Waals surface area contributed by atoms with Gasteiger partial charge in [0.25, 0.3) is 10.0 Å². The van der Waals surface area contributed by atoms with Gasteiger partial charge in [0, 0.05) is 31.9 Å². The first-order valence-electron chi connectivity index (χ1n) is 8.43. The smallest absolute Gasteiger partial charge is 0.337 e. The van der Waals surface area contributed by atoms with Crippen molar-refractivity contribution in [1.82, 2.24) is 4.90 Å². The van der Waals surface area contributed by atoms with Crippen LogP contribution in [0, 0.1) is 0 Å². The number of anilines is 2. The summed E-state index contributed by atoms with van der Waals surface area (Å²) in [5.74, 6) is -1.08. The monoisotopic (exact) mass is 473 g/mol. The first kappa shape index (κ1) is 20.1. The number of benzene rings is 1. The Bertz CT molecular complexity index is 937. The van der Waals surface area contributed by atoms with Gasteiger partial charge in [-0.05, 0) is 52.8 Å². The number of carboxylic acid groups (broad SMARTS) is 1. The van der Waals surface area contributed by atoms with Gasteiger partial charge in [-0.25, -0.2) is 13.2 Å². The van der Waals surface area contributed by atoms with Crippen molar-refractivity contribution < 1.29 is 18.3 Å². The molecule has 0 aliphatic carbocycles. The standard InChI is InChI=1S/C17H20BrN3O4S2/c1-2-20-7-9-21(10-8-20)14-4-3-12(11-13(14)17(22)23)19-27(24,25)16-6-5-15(18)26-16/h3-6,11,19H,2,7-10H2,1H3,(H,22,23). The highest BCUT2D eigenvalue weighted by Gasteiger charge is 2.23. The van der Waals surface area contributed by atoms with Gasteiger partial charge in [0.05, 0.1) is 15.0 Å². The van der Waals surface area contributed by atoms with Crippen molar-refractivity contribution in [3.05, 3.63) is 39.7 Å². The molecule has 0 atom stereocenters. The van der Waals surface area contributed by atoms with E-state index in [1.54, 1.807) is 18.2 Å². The van der Waals surface area contributed by atoms with Crippen molar-refractivity contribution in [2.75, 3.05) is 42.3 Å². The summed E-state index contributed by atoms with van der Waals surface area (Å²) in [6.45, 7) is 6.30. The number of likely N-dealkylation sites (N-methyl/N-ethyl adjacent to an activating group) is 1. The number of sulfonamides is 1. The maximum absolute atomic E-state index is 12.5. The minimum Gasteiger partial charge on any atom is -0.478 e. The summed E-state index contributed by atoms with van der Waals surface area (Å²) in [6, 6.07) is 7.81. The van der Waals surface area contributed by atoms with E-state index in [2.05, 4.69) is 32.5 Å². The van der Waals surface area contributed by atoms with E-state index in [4.69, 9.17) is 0 Å². The number of carboxylic acids is 1. The minimum absolute atomic E-state index is 0.0903. The molecule has 27 heavy (non-hydrogen) atoms. The normalized spacial score (nSPS) is 15.7. The third kappa shape index (κ3) is 4.63. The molecule has 1 aliphatic heterocycles. The molecule has 2 aromatic rings. The molecule has 2 N–H and O–H groups in total. The van der Waals surface area contributed by atoms with E-state index in [1.165, 1.54) is 12.1 Å². The van der Waals surface area contributed by atoms with Crippen molar-refractivity contribution in [2.24, 2.45) is 0 Å². The van der Waals surface area contributed by atoms with Crippen LogP contribution >= 0.6 is 27.3 Å². The third-order valence-corrected chi connectivity index (χ3v) is 7.95. The number of carbonyl (C=O) groups is 1. The first-order chi connectivity index (χ1) is 12.8. The van der Waals surface area contributed by atoms with Crippen LogP contribution in [-0.2, 0) is 10.0 Å². The molecule has 2 heterocycles. The summed E-state index contributed by atoms with van der Waals surface area (Å²) in [4.78, 5) is 16.1. The van der Waals surface area contributed by atoms with Gasteiger partial charge in [-0.15, -0.1) is 11.3 Å². The average Bonchev–Trinajstić information content (AvgIpc) is 3.09. The van der Waals surface area contributed by atoms with E-state index < -0.39 is 16.0 Å². The fraction of sp³-hybridized carbons (Fsp3) is 0.353. The Balaban J connectivity index is 1.85. The maximum atomic E-state index is 12.5. The van der Waals surface area contributed by atoms with E-state index in [9.17, 15) is 18.3 Å². The number of halogens is 1. The van der Waals surface area contributed by atoms with Gasteiger partial charge in [0.1, 0.15) is 4.21 Å². The number of rotatable bonds is 6.